The monoisotopic (exact) mass is 191 g/mol. The molecule has 2 rings (SSSR count). The van der Waals surface area contributed by atoms with Crippen LogP contribution < -0.4 is 0 Å². The number of nitrogens with zero attached hydrogens (tertiary/aromatic N) is 1. The summed E-state index contributed by atoms with van der Waals surface area (Å²) in [6.07, 6.45) is -0.827. The number of hydrogen-bond donors (Lipinski definition) is 1. The summed E-state index contributed by atoms with van der Waals surface area (Å²) < 4.78 is 0. The molecule has 0 aliphatic carbocycles. The van der Waals surface area contributed by atoms with Gasteiger partial charge in [0, 0.05) is 13.1 Å². The second-order valence-electron chi connectivity index (χ2n) is 3.76. The van der Waals surface area contributed by atoms with Crippen molar-refractivity contribution in [3.05, 3.63) is 35.4 Å². The fourth-order valence-corrected chi connectivity index (χ4v) is 2.00. The number of hydrogen-bond acceptors (Lipinski definition) is 1. The Kier molecular flexibility index (Phi) is 2.15. The molecule has 0 bridgehead atoms. The molecule has 0 saturated carbocycles. The van der Waals surface area contributed by atoms with Gasteiger partial charge in [0.15, 0.2) is 0 Å². The summed E-state index contributed by atoms with van der Waals surface area (Å²) in [5.41, 5.74) is 2.42. The lowest BCUT2D eigenvalue weighted by Crippen LogP contribution is -2.36. The van der Waals surface area contributed by atoms with Gasteiger partial charge in [-0.3, -0.25) is 0 Å². The van der Waals surface area contributed by atoms with Crippen LogP contribution in [0.1, 0.15) is 24.0 Å². The molecule has 3 nitrogen and oxygen atoms in total. The number of fused-ring (bicyclic) bond motifs is 1. The van der Waals surface area contributed by atoms with Gasteiger partial charge in [0.25, 0.3) is 0 Å². The quantitative estimate of drug-likeness (QED) is 0.683. The Morgan fingerprint density at radius 1 is 1.50 bits per heavy atom. The lowest BCUT2D eigenvalue weighted by atomic mass is 9.91. The van der Waals surface area contributed by atoms with E-state index >= 15 is 0 Å². The topological polar surface area (TPSA) is 40.5 Å². The van der Waals surface area contributed by atoms with Gasteiger partial charge in [-0.2, -0.15) is 0 Å². The predicted octanol–water partition coefficient (Wildman–Crippen LogP) is 2.28. The van der Waals surface area contributed by atoms with E-state index in [-0.39, 0.29) is 0 Å². The molecule has 1 amide bonds. The Bertz CT molecular complexity index is 362. The first kappa shape index (κ1) is 9.06. The summed E-state index contributed by atoms with van der Waals surface area (Å²) in [4.78, 5) is 12.3. The Balaban J connectivity index is 2.33. The molecule has 0 spiro atoms. The highest BCUT2D eigenvalue weighted by Gasteiger charge is 2.24. The van der Waals surface area contributed by atoms with Crippen molar-refractivity contribution in [3.8, 4) is 0 Å². The average Bonchev–Trinajstić information content (AvgIpc) is 2.17. The van der Waals surface area contributed by atoms with Gasteiger partial charge in [0.1, 0.15) is 0 Å². The van der Waals surface area contributed by atoms with Crippen molar-refractivity contribution in [3.63, 3.8) is 0 Å². The van der Waals surface area contributed by atoms with E-state index in [9.17, 15) is 4.79 Å². The van der Waals surface area contributed by atoms with E-state index in [4.69, 9.17) is 5.11 Å². The van der Waals surface area contributed by atoms with Gasteiger partial charge in [0.05, 0.1) is 0 Å². The Hall–Kier alpha value is -1.51. The normalized spacial score (nSPS) is 20.4. The Labute approximate surface area is 83.0 Å². The van der Waals surface area contributed by atoms with Gasteiger partial charge in [-0.1, -0.05) is 31.2 Å². The summed E-state index contributed by atoms with van der Waals surface area (Å²) in [6.45, 7) is 3.19. The van der Waals surface area contributed by atoms with Crippen molar-refractivity contribution in [1.82, 2.24) is 4.90 Å². The maximum Gasteiger partial charge on any atom is 0.407 e. The smallest absolute Gasteiger partial charge is 0.407 e. The summed E-state index contributed by atoms with van der Waals surface area (Å²) in [7, 11) is 0. The van der Waals surface area contributed by atoms with Gasteiger partial charge in [0.2, 0.25) is 0 Å². The fraction of sp³-hybridized carbons (Fsp3) is 0.364. The molecule has 1 N–H and O–H groups in total. The minimum atomic E-state index is -0.827. The largest absolute Gasteiger partial charge is 0.465 e. The zero-order chi connectivity index (χ0) is 10.1. The van der Waals surface area contributed by atoms with Crippen LogP contribution in [0.4, 0.5) is 4.79 Å². The molecule has 1 unspecified atom stereocenters. The molecule has 1 heterocycles. The molecule has 1 aromatic rings. The van der Waals surface area contributed by atoms with E-state index < -0.39 is 6.09 Å². The van der Waals surface area contributed by atoms with Gasteiger partial charge in [-0.25, -0.2) is 4.79 Å². The van der Waals surface area contributed by atoms with Gasteiger partial charge in [-0.05, 0) is 17.0 Å². The molecule has 1 aromatic carbocycles. The van der Waals surface area contributed by atoms with Crippen LogP contribution in [0.25, 0.3) is 0 Å². The average molecular weight is 191 g/mol. The van der Waals surface area contributed by atoms with Crippen LogP contribution in [0.2, 0.25) is 0 Å². The predicted molar refractivity (Wildman–Crippen MR) is 53.3 cm³/mol. The van der Waals surface area contributed by atoms with Gasteiger partial charge >= 0.3 is 6.09 Å². The summed E-state index contributed by atoms with van der Waals surface area (Å²) in [5.74, 6) is 0.302. The van der Waals surface area contributed by atoms with Crippen molar-refractivity contribution >= 4 is 6.09 Å². The zero-order valence-corrected chi connectivity index (χ0v) is 8.10. The number of amides is 1. The molecule has 0 saturated heterocycles. The summed E-state index contributed by atoms with van der Waals surface area (Å²) in [6, 6.07) is 8.04. The van der Waals surface area contributed by atoms with Crippen LogP contribution in [0, 0.1) is 0 Å². The van der Waals surface area contributed by atoms with Crippen LogP contribution in [0.15, 0.2) is 24.3 Å². The number of carbonyl (C=O) groups is 1. The standard InChI is InChI=1S/C11H13NO2/c1-8-6-12(11(13)14)7-9-4-2-3-5-10(8)9/h2-5,8H,6-7H2,1H3,(H,13,14). The summed E-state index contributed by atoms with van der Waals surface area (Å²) in [5, 5.41) is 8.91. The molecule has 1 aliphatic heterocycles. The van der Waals surface area contributed by atoms with E-state index in [1.807, 2.05) is 18.2 Å². The molecule has 0 aromatic heterocycles. The zero-order valence-electron chi connectivity index (χ0n) is 8.10. The van der Waals surface area contributed by atoms with Crippen LogP contribution >= 0.6 is 0 Å². The van der Waals surface area contributed by atoms with E-state index in [0.29, 0.717) is 19.0 Å². The van der Waals surface area contributed by atoms with Gasteiger partial charge < -0.3 is 10.0 Å². The first-order valence-corrected chi connectivity index (χ1v) is 4.74. The molecule has 3 heteroatoms. The van der Waals surface area contributed by atoms with Crippen LogP contribution in [-0.2, 0) is 6.54 Å². The van der Waals surface area contributed by atoms with Gasteiger partial charge in [-0.15, -0.1) is 0 Å². The number of carboxylic acid groups (broad SMARTS) is 1. The molecule has 0 radical (unpaired) electrons. The van der Waals surface area contributed by atoms with E-state index in [1.54, 1.807) is 0 Å². The highest BCUT2D eigenvalue weighted by molar-refractivity contribution is 5.65. The van der Waals surface area contributed by atoms with Crippen LogP contribution in [0.3, 0.4) is 0 Å². The van der Waals surface area contributed by atoms with Crippen molar-refractivity contribution in [2.75, 3.05) is 6.54 Å². The Morgan fingerprint density at radius 3 is 2.93 bits per heavy atom. The van der Waals surface area contributed by atoms with E-state index in [1.165, 1.54) is 10.5 Å². The van der Waals surface area contributed by atoms with Crippen LogP contribution in [0.5, 0.6) is 0 Å². The third kappa shape index (κ3) is 1.45. The SMILES string of the molecule is CC1CN(C(=O)O)Cc2ccccc21. The number of benzene rings is 1. The van der Waals surface area contributed by atoms with E-state index in [0.717, 1.165) is 5.56 Å². The third-order valence-corrected chi connectivity index (χ3v) is 2.71. The first-order chi connectivity index (χ1) is 6.68. The molecular weight excluding hydrogens is 178 g/mol. The van der Waals surface area contributed by atoms with Crippen molar-refractivity contribution in [1.29, 1.82) is 0 Å². The summed E-state index contributed by atoms with van der Waals surface area (Å²) >= 11 is 0. The first-order valence-electron chi connectivity index (χ1n) is 4.74. The molecule has 0 fully saturated rings. The molecule has 1 atom stereocenters. The highest BCUT2D eigenvalue weighted by atomic mass is 16.4. The highest BCUT2D eigenvalue weighted by Crippen LogP contribution is 2.27. The van der Waals surface area contributed by atoms with Crippen LogP contribution in [-0.4, -0.2) is 22.6 Å². The maximum atomic E-state index is 10.8. The molecule has 14 heavy (non-hydrogen) atoms. The maximum absolute atomic E-state index is 10.8. The van der Waals surface area contributed by atoms with Crippen molar-refractivity contribution in [2.24, 2.45) is 0 Å². The minimum absolute atomic E-state index is 0.302. The Morgan fingerprint density at radius 2 is 2.21 bits per heavy atom. The second-order valence-corrected chi connectivity index (χ2v) is 3.76. The minimum Gasteiger partial charge on any atom is -0.465 e. The number of rotatable bonds is 0. The fourth-order valence-electron chi connectivity index (χ4n) is 2.00. The lowest BCUT2D eigenvalue weighted by Gasteiger charge is -2.30. The third-order valence-electron chi connectivity index (χ3n) is 2.71. The van der Waals surface area contributed by atoms with E-state index in [2.05, 4.69) is 13.0 Å². The molecule has 1 aliphatic rings. The van der Waals surface area contributed by atoms with Crippen molar-refractivity contribution in [2.45, 2.75) is 19.4 Å². The molecular formula is C11H13NO2. The second kappa shape index (κ2) is 3.33. The lowest BCUT2D eigenvalue weighted by molar-refractivity contribution is 0.136. The molecule has 74 valence electrons. The van der Waals surface area contributed by atoms with Crippen molar-refractivity contribution < 1.29 is 9.90 Å².